The molecule has 7 heteroatoms. The van der Waals surface area contributed by atoms with Crippen molar-refractivity contribution in [3.63, 3.8) is 0 Å². The number of likely N-dealkylation sites (N-methyl/N-ethyl adjacent to an activating group) is 1. The van der Waals surface area contributed by atoms with Crippen LogP contribution in [0.4, 0.5) is 0 Å². The Hall–Kier alpha value is -3.66. The number of nitrogens with zero attached hydrogens (tertiary/aromatic N) is 3. The first kappa shape index (κ1) is 18.1. The van der Waals surface area contributed by atoms with Crippen LogP contribution >= 0.6 is 0 Å². The maximum absolute atomic E-state index is 12.6. The number of rotatable bonds is 5. The second-order valence-corrected chi connectivity index (χ2v) is 6.12. The average molecular weight is 362 g/mol. The molecule has 2 aromatic carbocycles. The molecule has 1 amide bonds. The Morgan fingerprint density at radius 3 is 2.67 bits per heavy atom. The number of ether oxygens (including phenoxy) is 1. The number of benzene rings is 2. The van der Waals surface area contributed by atoms with Gasteiger partial charge >= 0.3 is 0 Å². The Balaban J connectivity index is 1.69. The summed E-state index contributed by atoms with van der Waals surface area (Å²) in [6.07, 6.45) is -0.727. The van der Waals surface area contributed by atoms with E-state index in [2.05, 4.69) is 9.97 Å². The molecule has 0 saturated heterocycles. The molecule has 1 aromatic heterocycles. The molecule has 1 atom stereocenters. The summed E-state index contributed by atoms with van der Waals surface area (Å²) in [5, 5.41) is 9.32. The lowest BCUT2D eigenvalue weighted by atomic mass is 10.2. The zero-order valence-corrected chi connectivity index (χ0v) is 15.0. The van der Waals surface area contributed by atoms with Crippen molar-refractivity contribution in [2.24, 2.45) is 0 Å². The lowest BCUT2D eigenvalue weighted by Gasteiger charge is -2.21. The molecule has 136 valence electrons. The Bertz CT molecular complexity index is 1070. The molecule has 0 aliphatic carbocycles. The number of hydrogen-bond donors (Lipinski definition) is 1. The van der Waals surface area contributed by atoms with E-state index < -0.39 is 6.10 Å². The van der Waals surface area contributed by atoms with Crippen LogP contribution in [0.1, 0.15) is 18.3 Å². The highest BCUT2D eigenvalue weighted by atomic mass is 16.5. The van der Waals surface area contributed by atoms with Crippen molar-refractivity contribution in [3.05, 3.63) is 70.3 Å². The molecule has 0 aliphatic rings. The summed E-state index contributed by atoms with van der Waals surface area (Å²) in [6.45, 7) is 1.80. The molecular weight excluding hydrogens is 344 g/mol. The predicted octanol–water partition coefficient (Wildman–Crippen LogP) is 2.22. The summed E-state index contributed by atoms with van der Waals surface area (Å²) in [6, 6.07) is 15.6. The number of aromatic nitrogens is 2. The van der Waals surface area contributed by atoms with Gasteiger partial charge in [-0.1, -0.05) is 12.1 Å². The molecule has 0 bridgehead atoms. The van der Waals surface area contributed by atoms with Gasteiger partial charge in [-0.05, 0) is 43.3 Å². The van der Waals surface area contributed by atoms with E-state index in [-0.39, 0.29) is 18.0 Å². The fourth-order valence-corrected chi connectivity index (χ4v) is 2.69. The number of nitrogens with one attached hydrogen (secondary N) is 1. The van der Waals surface area contributed by atoms with Gasteiger partial charge in [-0.25, -0.2) is 4.98 Å². The fraction of sp³-hybridized carbons (Fsp3) is 0.200. The van der Waals surface area contributed by atoms with E-state index in [9.17, 15) is 9.59 Å². The summed E-state index contributed by atoms with van der Waals surface area (Å²) in [4.78, 5) is 33.2. The third-order valence-electron chi connectivity index (χ3n) is 4.07. The number of fused-ring (bicyclic) bond motifs is 1. The molecule has 1 N–H and O–H groups in total. The van der Waals surface area contributed by atoms with Crippen molar-refractivity contribution in [1.29, 1.82) is 5.26 Å². The molecule has 1 unspecified atom stereocenters. The summed E-state index contributed by atoms with van der Waals surface area (Å²) in [7, 11) is 1.62. The van der Waals surface area contributed by atoms with E-state index in [4.69, 9.17) is 10.00 Å². The zero-order chi connectivity index (χ0) is 19.4. The molecule has 27 heavy (non-hydrogen) atoms. The van der Waals surface area contributed by atoms with Gasteiger partial charge in [-0.2, -0.15) is 5.26 Å². The van der Waals surface area contributed by atoms with Crippen molar-refractivity contribution in [2.45, 2.75) is 19.6 Å². The monoisotopic (exact) mass is 362 g/mol. The van der Waals surface area contributed by atoms with Crippen LogP contribution in [0.15, 0.2) is 53.3 Å². The largest absolute Gasteiger partial charge is 0.481 e. The van der Waals surface area contributed by atoms with Gasteiger partial charge in [0, 0.05) is 7.05 Å². The second kappa shape index (κ2) is 7.70. The van der Waals surface area contributed by atoms with Crippen molar-refractivity contribution >= 4 is 16.8 Å². The predicted molar refractivity (Wildman–Crippen MR) is 100 cm³/mol. The van der Waals surface area contributed by atoms with Crippen LogP contribution in [0.3, 0.4) is 0 Å². The van der Waals surface area contributed by atoms with Gasteiger partial charge in [0.05, 0.1) is 29.1 Å². The summed E-state index contributed by atoms with van der Waals surface area (Å²) in [5.41, 5.74) is 0.863. The van der Waals surface area contributed by atoms with Crippen LogP contribution in [0.2, 0.25) is 0 Å². The minimum atomic E-state index is -0.727. The van der Waals surface area contributed by atoms with Gasteiger partial charge in [0.2, 0.25) is 0 Å². The first-order chi connectivity index (χ1) is 13.0. The molecular formula is C20H18N4O3. The molecule has 0 fully saturated rings. The van der Waals surface area contributed by atoms with Crippen LogP contribution in [0.5, 0.6) is 5.75 Å². The van der Waals surface area contributed by atoms with Gasteiger partial charge in [0.25, 0.3) is 11.5 Å². The number of hydrogen-bond acceptors (Lipinski definition) is 5. The lowest BCUT2D eigenvalue weighted by molar-refractivity contribution is -0.137. The minimum Gasteiger partial charge on any atom is -0.481 e. The highest BCUT2D eigenvalue weighted by molar-refractivity contribution is 5.81. The van der Waals surface area contributed by atoms with E-state index in [1.807, 2.05) is 6.07 Å². The number of nitriles is 1. The average Bonchev–Trinajstić information content (AvgIpc) is 2.68. The Labute approximate surface area is 155 Å². The van der Waals surface area contributed by atoms with Crippen LogP contribution in [-0.4, -0.2) is 33.9 Å². The number of H-pyrrole nitrogens is 1. The second-order valence-electron chi connectivity index (χ2n) is 6.12. The number of amides is 1. The highest BCUT2D eigenvalue weighted by Gasteiger charge is 2.20. The maximum atomic E-state index is 12.6. The van der Waals surface area contributed by atoms with E-state index in [0.717, 1.165) is 0 Å². The van der Waals surface area contributed by atoms with Crippen LogP contribution in [0.25, 0.3) is 10.9 Å². The van der Waals surface area contributed by atoms with Crippen LogP contribution in [-0.2, 0) is 11.3 Å². The molecule has 3 aromatic rings. The maximum Gasteiger partial charge on any atom is 0.263 e. The Morgan fingerprint density at radius 2 is 1.96 bits per heavy atom. The number of para-hydroxylation sites is 1. The highest BCUT2D eigenvalue weighted by Crippen LogP contribution is 2.14. The quantitative estimate of drug-likeness (QED) is 0.750. The van der Waals surface area contributed by atoms with Crippen molar-refractivity contribution in [1.82, 2.24) is 14.9 Å². The number of carbonyl (C=O) groups excluding carboxylic acids is 1. The SMILES string of the molecule is CC(Oc1ccc(C#N)cc1)C(=O)N(C)Cc1nc2ccccc2c(=O)[nH]1. The molecule has 0 aliphatic heterocycles. The number of carbonyl (C=O) groups is 1. The first-order valence-corrected chi connectivity index (χ1v) is 8.37. The molecule has 0 spiro atoms. The standard InChI is InChI=1S/C20H18N4O3/c1-13(27-15-9-7-14(11-21)8-10-15)20(26)24(2)12-18-22-17-6-4-3-5-16(17)19(25)23-18/h3-10,13H,12H2,1-2H3,(H,22,23,25). The zero-order valence-electron chi connectivity index (χ0n) is 15.0. The van der Waals surface area contributed by atoms with Gasteiger partial charge in [0.15, 0.2) is 6.10 Å². The van der Waals surface area contributed by atoms with Gasteiger partial charge in [0.1, 0.15) is 11.6 Å². The summed E-state index contributed by atoms with van der Waals surface area (Å²) < 4.78 is 5.64. The van der Waals surface area contributed by atoms with Crippen molar-refractivity contribution in [2.75, 3.05) is 7.05 Å². The van der Waals surface area contributed by atoms with E-state index in [0.29, 0.717) is 28.0 Å². The van der Waals surface area contributed by atoms with Gasteiger partial charge in [-0.15, -0.1) is 0 Å². The third-order valence-corrected chi connectivity index (χ3v) is 4.07. The smallest absolute Gasteiger partial charge is 0.263 e. The van der Waals surface area contributed by atoms with Crippen molar-refractivity contribution in [3.8, 4) is 11.8 Å². The lowest BCUT2D eigenvalue weighted by Crippen LogP contribution is -2.38. The van der Waals surface area contributed by atoms with Crippen LogP contribution in [0, 0.1) is 11.3 Å². The number of aromatic amines is 1. The molecule has 1 heterocycles. The summed E-state index contributed by atoms with van der Waals surface area (Å²) >= 11 is 0. The van der Waals surface area contributed by atoms with E-state index in [1.165, 1.54) is 4.90 Å². The minimum absolute atomic E-state index is 0.153. The van der Waals surface area contributed by atoms with E-state index in [1.54, 1.807) is 62.5 Å². The fourth-order valence-electron chi connectivity index (χ4n) is 2.69. The Morgan fingerprint density at radius 1 is 1.26 bits per heavy atom. The summed E-state index contributed by atoms with van der Waals surface area (Å²) in [5.74, 6) is 0.649. The van der Waals surface area contributed by atoms with Crippen LogP contribution < -0.4 is 10.3 Å². The third kappa shape index (κ3) is 4.12. The molecule has 0 radical (unpaired) electrons. The topological polar surface area (TPSA) is 99.1 Å². The molecule has 3 rings (SSSR count). The normalized spacial score (nSPS) is 11.6. The van der Waals surface area contributed by atoms with Crippen molar-refractivity contribution < 1.29 is 9.53 Å². The van der Waals surface area contributed by atoms with E-state index >= 15 is 0 Å². The molecule has 7 nitrogen and oxygen atoms in total. The van der Waals surface area contributed by atoms with Gasteiger partial charge in [-0.3, -0.25) is 9.59 Å². The van der Waals surface area contributed by atoms with Gasteiger partial charge < -0.3 is 14.6 Å². The first-order valence-electron chi connectivity index (χ1n) is 8.37. The molecule has 0 saturated carbocycles. The Kier molecular flexibility index (Phi) is 5.18.